The normalized spacial score (nSPS) is 10.3. The number of rotatable bonds is 2. The molecule has 0 spiro atoms. The Kier molecular flexibility index (Phi) is 2.37. The standard InChI is InChI=1S/C10H9NO2S/c12-9-6-7-10(13)11(9)14-8-4-2-1-3-5-8/h1-7,12-13H. The van der Waals surface area contributed by atoms with Crippen molar-refractivity contribution in [1.29, 1.82) is 0 Å². The van der Waals surface area contributed by atoms with Crippen molar-refractivity contribution in [3.05, 3.63) is 42.5 Å². The summed E-state index contributed by atoms with van der Waals surface area (Å²) in [5.41, 5.74) is 0. The molecule has 3 nitrogen and oxygen atoms in total. The number of aromatic hydroxyl groups is 2. The van der Waals surface area contributed by atoms with E-state index in [0.717, 1.165) is 4.90 Å². The van der Waals surface area contributed by atoms with E-state index >= 15 is 0 Å². The van der Waals surface area contributed by atoms with Crippen molar-refractivity contribution in [1.82, 2.24) is 3.97 Å². The molecule has 0 aliphatic carbocycles. The molecule has 2 rings (SSSR count). The summed E-state index contributed by atoms with van der Waals surface area (Å²) in [5.74, 6) is 0.0766. The molecule has 0 atom stereocenters. The van der Waals surface area contributed by atoms with Crippen molar-refractivity contribution in [2.24, 2.45) is 0 Å². The van der Waals surface area contributed by atoms with Gasteiger partial charge in [-0.1, -0.05) is 18.2 Å². The van der Waals surface area contributed by atoms with Crippen LogP contribution >= 0.6 is 11.9 Å². The molecule has 0 amide bonds. The molecule has 0 unspecified atom stereocenters. The van der Waals surface area contributed by atoms with Gasteiger partial charge in [-0.05, 0) is 24.1 Å². The van der Waals surface area contributed by atoms with Crippen LogP contribution in [0.4, 0.5) is 0 Å². The molecule has 0 fully saturated rings. The third kappa shape index (κ3) is 1.70. The lowest BCUT2D eigenvalue weighted by atomic mass is 10.4. The van der Waals surface area contributed by atoms with Gasteiger partial charge in [-0.15, -0.1) is 0 Å². The number of hydrogen-bond donors (Lipinski definition) is 2. The molecule has 1 heterocycles. The van der Waals surface area contributed by atoms with Crippen LogP contribution in [0, 0.1) is 0 Å². The topological polar surface area (TPSA) is 45.4 Å². The Morgan fingerprint density at radius 2 is 1.43 bits per heavy atom. The Labute approximate surface area is 85.8 Å². The van der Waals surface area contributed by atoms with Crippen LogP contribution in [0.15, 0.2) is 47.4 Å². The minimum Gasteiger partial charge on any atom is -0.494 e. The molecule has 72 valence electrons. The average molecular weight is 207 g/mol. The molecule has 0 bridgehead atoms. The van der Waals surface area contributed by atoms with E-state index in [1.807, 2.05) is 30.3 Å². The van der Waals surface area contributed by atoms with Crippen LogP contribution in [0.25, 0.3) is 0 Å². The van der Waals surface area contributed by atoms with E-state index in [9.17, 15) is 10.2 Å². The zero-order valence-corrected chi connectivity index (χ0v) is 8.11. The first-order chi connectivity index (χ1) is 6.77. The van der Waals surface area contributed by atoms with Crippen LogP contribution in [-0.4, -0.2) is 14.2 Å². The molecule has 0 aliphatic rings. The van der Waals surface area contributed by atoms with Crippen molar-refractivity contribution in [2.45, 2.75) is 4.90 Å². The van der Waals surface area contributed by atoms with Crippen molar-refractivity contribution in [2.75, 3.05) is 0 Å². The zero-order chi connectivity index (χ0) is 9.97. The quantitative estimate of drug-likeness (QED) is 0.795. The minimum absolute atomic E-state index is 0.0383. The second-order valence-corrected chi connectivity index (χ2v) is 3.77. The van der Waals surface area contributed by atoms with Crippen LogP contribution < -0.4 is 0 Å². The highest BCUT2D eigenvalue weighted by Gasteiger charge is 2.06. The first-order valence-electron chi connectivity index (χ1n) is 4.10. The maximum atomic E-state index is 9.37. The number of hydrogen-bond acceptors (Lipinski definition) is 3. The van der Waals surface area contributed by atoms with Gasteiger partial charge in [-0.3, -0.25) is 0 Å². The monoisotopic (exact) mass is 207 g/mol. The summed E-state index contributed by atoms with van der Waals surface area (Å²) in [6.07, 6.45) is 0. The van der Waals surface area contributed by atoms with Crippen LogP contribution in [0.2, 0.25) is 0 Å². The van der Waals surface area contributed by atoms with Crippen molar-refractivity contribution in [3.8, 4) is 11.8 Å². The second-order valence-electron chi connectivity index (χ2n) is 2.75. The van der Waals surface area contributed by atoms with Crippen molar-refractivity contribution in [3.63, 3.8) is 0 Å². The van der Waals surface area contributed by atoms with Gasteiger partial charge in [0.05, 0.1) is 0 Å². The molecule has 0 aliphatic heterocycles. The molecule has 4 heteroatoms. The Balaban J connectivity index is 2.27. The maximum Gasteiger partial charge on any atom is 0.204 e. The zero-order valence-electron chi connectivity index (χ0n) is 7.29. The largest absolute Gasteiger partial charge is 0.494 e. The molecule has 1 aromatic heterocycles. The van der Waals surface area contributed by atoms with Gasteiger partial charge in [0, 0.05) is 17.0 Å². The Morgan fingerprint density at radius 3 is 2.00 bits per heavy atom. The minimum atomic E-state index is 0.0383. The fourth-order valence-corrected chi connectivity index (χ4v) is 1.88. The molecule has 1 aromatic carbocycles. The fraction of sp³-hybridized carbons (Fsp3) is 0. The van der Waals surface area contributed by atoms with Gasteiger partial charge < -0.3 is 10.2 Å². The summed E-state index contributed by atoms with van der Waals surface area (Å²) in [6, 6.07) is 12.4. The van der Waals surface area contributed by atoms with Gasteiger partial charge >= 0.3 is 0 Å². The second kappa shape index (κ2) is 3.67. The Bertz CT molecular complexity index is 405. The van der Waals surface area contributed by atoms with Crippen molar-refractivity contribution < 1.29 is 10.2 Å². The first kappa shape index (κ1) is 9.02. The van der Waals surface area contributed by atoms with Gasteiger partial charge in [-0.25, -0.2) is 3.97 Å². The molecule has 0 saturated heterocycles. The first-order valence-corrected chi connectivity index (χ1v) is 4.88. The Hall–Kier alpha value is -1.55. The molecular weight excluding hydrogens is 198 g/mol. The Morgan fingerprint density at radius 1 is 0.857 bits per heavy atom. The van der Waals surface area contributed by atoms with Gasteiger partial charge in [0.15, 0.2) is 0 Å². The number of benzene rings is 1. The van der Waals surface area contributed by atoms with E-state index in [1.54, 1.807) is 0 Å². The highest BCUT2D eigenvalue weighted by Crippen LogP contribution is 2.31. The lowest BCUT2D eigenvalue weighted by molar-refractivity contribution is 0.416. The molecular formula is C10H9NO2S. The third-order valence-electron chi connectivity index (χ3n) is 1.74. The highest BCUT2D eigenvalue weighted by atomic mass is 32.2. The summed E-state index contributed by atoms with van der Waals surface area (Å²) < 4.78 is 1.36. The summed E-state index contributed by atoms with van der Waals surface area (Å²) in [5, 5.41) is 18.7. The summed E-state index contributed by atoms with van der Waals surface area (Å²) in [7, 11) is 0. The lowest BCUT2D eigenvalue weighted by Crippen LogP contribution is -1.84. The molecule has 2 N–H and O–H groups in total. The molecule has 0 radical (unpaired) electrons. The van der Waals surface area contributed by atoms with E-state index < -0.39 is 0 Å². The van der Waals surface area contributed by atoms with E-state index in [1.165, 1.54) is 28.1 Å². The van der Waals surface area contributed by atoms with E-state index in [0.29, 0.717) is 0 Å². The SMILES string of the molecule is Oc1ccc(O)n1Sc1ccccc1. The van der Waals surface area contributed by atoms with Gasteiger partial charge in [-0.2, -0.15) is 0 Å². The molecule has 14 heavy (non-hydrogen) atoms. The van der Waals surface area contributed by atoms with Crippen LogP contribution in [-0.2, 0) is 0 Å². The number of aromatic nitrogens is 1. The smallest absolute Gasteiger partial charge is 0.204 e. The third-order valence-corrected chi connectivity index (χ3v) is 2.78. The van der Waals surface area contributed by atoms with Gasteiger partial charge in [0.1, 0.15) is 0 Å². The van der Waals surface area contributed by atoms with Gasteiger partial charge in [0.25, 0.3) is 0 Å². The predicted molar refractivity (Wildman–Crippen MR) is 55.5 cm³/mol. The van der Waals surface area contributed by atoms with Crippen LogP contribution in [0.5, 0.6) is 11.8 Å². The molecule has 0 saturated carbocycles. The molecule has 2 aromatic rings. The summed E-state index contributed by atoms with van der Waals surface area (Å²) in [4.78, 5) is 0.953. The predicted octanol–water partition coefficient (Wildman–Crippen LogP) is 2.45. The lowest BCUT2D eigenvalue weighted by Gasteiger charge is -2.04. The fourth-order valence-electron chi connectivity index (χ4n) is 1.08. The maximum absolute atomic E-state index is 9.37. The number of nitrogens with zero attached hydrogens (tertiary/aromatic N) is 1. The van der Waals surface area contributed by atoms with E-state index in [4.69, 9.17) is 0 Å². The van der Waals surface area contributed by atoms with Crippen LogP contribution in [0.3, 0.4) is 0 Å². The van der Waals surface area contributed by atoms with E-state index in [-0.39, 0.29) is 11.8 Å². The average Bonchev–Trinajstić information content (AvgIpc) is 2.51. The summed E-state index contributed by atoms with van der Waals surface area (Å²) >= 11 is 1.26. The van der Waals surface area contributed by atoms with Crippen molar-refractivity contribution >= 4 is 11.9 Å². The van der Waals surface area contributed by atoms with Gasteiger partial charge in [0.2, 0.25) is 11.8 Å². The van der Waals surface area contributed by atoms with Crippen LogP contribution in [0.1, 0.15) is 0 Å². The summed E-state index contributed by atoms with van der Waals surface area (Å²) in [6.45, 7) is 0. The van der Waals surface area contributed by atoms with E-state index in [2.05, 4.69) is 0 Å². The highest BCUT2D eigenvalue weighted by molar-refractivity contribution is 7.98.